The zero-order chi connectivity index (χ0) is 14.0. The molecule has 0 spiro atoms. The molecule has 1 N–H and O–H groups in total. The maximum Gasteiger partial charge on any atom is 0.288 e. The van der Waals surface area contributed by atoms with Crippen molar-refractivity contribution in [2.24, 2.45) is 0 Å². The molecule has 1 saturated heterocycles. The third-order valence-corrected chi connectivity index (χ3v) is 3.57. The molecule has 0 saturated carbocycles. The highest BCUT2D eigenvalue weighted by molar-refractivity contribution is 7.99. The zero-order valence-electron chi connectivity index (χ0n) is 10.1. The van der Waals surface area contributed by atoms with Crippen molar-refractivity contribution in [3.05, 3.63) is 24.3 Å². The van der Waals surface area contributed by atoms with Crippen molar-refractivity contribution in [1.29, 1.82) is 0 Å². The fourth-order valence-electron chi connectivity index (χ4n) is 1.92. The summed E-state index contributed by atoms with van der Waals surface area (Å²) in [5.74, 6) is -3.18. The minimum atomic E-state index is -2.58. The van der Waals surface area contributed by atoms with Gasteiger partial charge in [0.25, 0.3) is 5.76 Å². The number of halogens is 2. The largest absolute Gasteiger partial charge is 0.345 e. The number of alkyl halides is 2. The average molecular weight is 286 g/mol. The molecule has 2 amide bonds. The highest BCUT2D eigenvalue weighted by Crippen LogP contribution is 2.35. The van der Waals surface area contributed by atoms with Crippen LogP contribution in [0.25, 0.3) is 0 Å². The van der Waals surface area contributed by atoms with E-state index in [4.69, 9.17) is 0 Å². The molecule has 1 unspecified atom stereocenters. The minimum Gasteiger partial charge on any atom is -0.345 e. The number of nitrogens with zero attached hydrogens (tertiary/aromatic N) is 1. The van der Waals surface area contributed by atoms with Gasteiger partial charge in [0.05, 0.1) is 12.2 Å². The summed E-state index contributed by atoms with van der Waals surface area (Å²) in [4.78, 5) is 25.1. The van der Waals surface area contributed by atoms with Crippen LogP contribution in [-0.2, 0) is 9.59 Å². The van der Waals surface area contributed by atoms with Gasteiger partial charge in [-0.3, -0.25) is 14.5 Å². The van der Waals surface area contributed by atoms with E-state index in [2.05, 4.69) is 5.32 Å². The molecule has 4 nitrogen and oxygen atoms in total. The van der Waals surface area contributed by atoms with Gasteiger partial charge in [0.1, 0.15) is 6.04 Å². The number of piperazine rings is 1. The first-order valence-electron chi connectivity index (χ1n) is 5.64. The fourth-order valence-corrected chi connectivity index (χ4v) is 2.56. The van der Waals surface area contributed by atoms with E-state index in [0.717, 1.165) is 0 Å². The second-order valence-corrected chi connectivity index (χ2v) is 5.04. The van der Waals surface area contributed by atoms with E-state index in [0.29, 0.717) is 17.4 Å². The van der Waals surface area contributed by atoms with E-state index in [1.165, 1.54) is 11.0 Å². The second-order valence-electron chi connectivity index (χ2n) is 4.00. The molecule has 7 heteroatoms. The van der Waals surface area contributed by atoms with Crippen LogP contribution in [0.1, 0.15) is 6.92 Å². The first kappa shape index (κ1) is 13.8. The van der Waals surface area contributed by atoms with Crippen molar-refractivity contribution in [3.63, 3.8) is 0 Å². The number of anilines is 1. The van der Waals surface area contributed by atoms with E-state index in [1.54, 1.807) is 25.1 Å². The number of carbonyl (C=O) groups is 2. The van der Waals surface area contributed by atoms with Crippen molar-refractivity contribution < 1.29 is 18.4 Å². The molecule has 1 fully saturated rings. The zero-order valence-corrected chi connectivity index (χ0v) is 10.9. The molecule has 2 rings (SSSR count). The summed E-state index contributed by atoms with van der Waals surface area (Å²) in [5.41, 5.74) is 0.347. The van der Waals surface area contributed by atoms with Gasteiger partial charge in [-0.15, -0.1) is 0 Å². The van der Waals surface area contributed by atoms with Crippen LogP contribution in [0.4, 0.5) is 14.5 Å². The van der Waals surface area contributed by atoms with Crippen LogP contribution >= 0.6 is 11.8 Å². The van der Waals surface area contributed by atoms with Crippen molar-refractivity contribution in [2.75, 3.05) is 11.4 Å². The maximum atomic E-state index is 12.5. The maximum absolute atomic E-state index is 12.5. The van der Waals surface area contributed by atoms with E-state index in [9.17, 15) is 18.4 Å². The first-order valence-corrected chi connectivity index (χ1v) is 6.52. The van der Waals surface area contributed by atoms with Gasteiger partial charge < -0.3 is 5.32 Å². The molecule has 0 radical (unpaired) electrons. The normalized spacial score (nSPS) is 19.8. The van der Waals surface area contributed by atoms with Crippen LogP contribution in [0.5, 0.6) is 0 Å². The Labute approximate surface area is 113 Å². The lowest BCUT2D eigenvalue weighted by atomic mass is 10.1. The van der Waals surface area contributed by atoms with E-state index in [1.807, 2.05) is 0 Å². The molecule has 1 aliphatic heterocycles. The van der Waals surface area contributed by atoms with Gasteiger partial charge in [0.15, 0.2) is 0 Å². The summed E-state index contributed by atoms with van der Waals surface area (Å²) in [6.07, 6.45) is 0. The topological polar surface area (TPSA) is 49.4 Å². The SMILES string of the molecule is CC1C(=O)NCC(=O)N1c1ccccc1SC(F)F. The van der Waals surface area contributed by atoms with Gasteiger partial charge in [0, 0.05) is 4.90 Å². The van der Waals surface area contributed by atoms with Crippen molar-refractivity contribution >= 4 is 29.3 Å². The molecule has 102 valence electrons. The molecule has 1 heterocycles. The summed E-state index contributed by atoms with van der Waals surface area (Å²) < 4.78 is 25.0. The standard InChI is InChI=1S/C12H12F2N2O2S/c1-7-11(18)15-6-10(17)16(7)8-4-2-3-5-9(8)19-12(13)14/h2-5,7,12H,6H2,1H3,(H,15,18). The Hall–Kier alpha value is -1.63. The average Bonchev–Trinajstić information content (AvgIpc) is 2.36. The van der Waals surface area contributed by atoms with Gasteiger partial charge in [-0.05, 0) is 19.1 Å². The summed E-state index contributed by atoms with van der Waals surface area (Å²) >= 11 is 0.365. The predicted molar refractivity (Wildman–Crippen MR) is 68.3 cm³/mol. The Morgan fingerprint density at radius 1 is 1.37 bits per heavy atom. The number of carbonyl (C=O) groups excluding carboxylic acids is 2. The lowest BCUT2D eigenvalue weighted by molar-refractivity contribution is -0.130. The summed E-state index contributed by atoms with van der Waals surface area (Å²) in [5, 5.41) is 2.46. The molecule has 0 bridgehead atoms. The van der Waals surface area contributed by atoms with E-state index >= 15 is 0 Å². The van der Waals surface area contributed by atoms with Gasteiger partial charge in [0.2, 0.25) is 11.8 Å². The second kappa shape index (κ2) is 5.56. The molecule has 0 aromatic heterocycles. The van der Waals surface area contributed by atoms with Crippen LogP contribution in [0.2, 0.25) is 0 Å². The Morgan fingerprint density at radius 3 is 2.74 bits per heavy atom. The molecular formula is C12H12F2N2O2S. The highest BCUT2D eigenvalue weighted by Gasteiger charge is 2.33. The minimum absolute atomic E-state index is 0.114. The third kappa shape index (κ3) is 2.86. The number of nitrogens with one attached hydrogen (secondary N) is 1. The molecule has 0 aliphatic carbocycles. The Morgan fingerprint density at radius 2 is 2.05 bits per heavy atom. The number of thioether (sulfide) groups is 1. The van der Waals surface area contributed by atoms with Gasteiger partial charge >= 0.3 is 0 Å². The number of amides is 2. The van der Waals surface area contributed by atoms with Gasteiger partial charge in [-0.25, -0.2) is 0 Å². The molecule has 1 atom stereocenters. The molecule has 1 aromatic rings. The number of benzene rings is 1. The van der Waals surface area contributed by atoms with Crippen LogP contribution in [0, 0.1) is 0 Å². The monoisotopic (exact) mass is 286 g/mol. The van der Waals surface area contributed by atoms with Crippen molar-refractivity contribution in [1.82, 2.24) is 5.32 Å². The lowest BCUT2D eigenvalue weighted by Gasteiger charge is -2.33. The van der Waals surface area contributed by atoms with Crippen molar-refractivity contribution in [3.8, 4) is 0 Å². The summed E-state index contributed by atoms with van der Waals surface area (Å²) in [6.45, 7) is 1.45. The number of hydrogen-bond acceptors (Lipinski definition) is 3. The summed E-state index contributed by atoms with van der Waals surface area (Å²) in [7, 11) is 0. The lowest BCUT2D eigenvalue weighted by Crippen LogP contribution is -2.57. The Balaban J connectivity index is 2.39. The van der Waals surface area contributed by atoms with Crippen molar-refractivity contribution in [2.45, 2.75) is 23.6 Å². The Kier molecular flexibility index (Phi) is 4.04. The fraction of sp³-hybridized carbons (Fsp3) is 0.333. The smallest absolute Gasteiger partial charge is 0.288 e. The highest BCUT2D eigenvalue weighted by atomic mass is 32.2. The quantitative estimate of drug-likeness (QED) is 0.863. The third-order valence-electron chi connectivity index (χ3n) is 2.79. The molecule has 1 aromatic carbocycles. The number of para-hydroxylation sites is 1. The van der Waals surface area contributed by atoms with Crippen LogP contribution in [-0.4, -0.2) is 30.2 Å². The van der Waals surface area contributed by atoms with E-state index in [-0.39, 0.29) is 23.3 Å². The van der Waals surface area contributed by atoms with Crippen LogP contribution < -0.4 is 10.2 Å². The number of rotatable bonds is 3. The number of hydrogen-bond donors (Lipinski definition) is 1. The molecule has 19 heavy (non-hydrogen) atoms. The molecular weight excluding hydrogens is 274 g/mol. The molecule has 1 aliphatic rings. The Bertz CT molecular complexity index is 510. The van der Waals surface area contributed by atoms with E-state index < -0.39 is 11.8 Å². The van der Waals surface area contributed by atoms with Crippen LogP contribution in [0.3, 0.4) is 0 Å². The van der Waals surface area contributed by atoms with Gasteiger partial charge in [-0.2, -0.15) is 8.78 Å². The van der Waals surface area contributed by atoms with Crippen LogP contribution in [0.15, 0.2) is 29.2 Å². The predicted octanol–water partition coefficient (Wildman–Crippen LogP) is 1.85. The first-order chi connectivity index (χ1) is 9.00. The summed E-state index contributed by atoms with van der Waals surface area (Å²) in [6, 6.07) is 5.64. The van der Waals surface area contributed by atoms with Gasteiger partial charge in [-0.1, -0.05) is 23.9 Å².